The molecule has 0 spiro atoms. The van der Waals surface area contributed by atoms with Gasteiger partial charge in [0.1, 0.15) is 7.05 Å². The molecule has 2 rings (SSSR count). The molecule has 0 N–H and O–H groups in total. The Kier molecular flexibility index (Phi) is 4.51. The second-order valence-corrected chi connectivity index (χ2v) is 6.45. The van der Waals surface area contributed by atoms with Gasteiger partial charge in [-0.2, -0.15) is 0 Å². The second kappa shape index (κ2) is 6.01. The van der Waals surface area contributed by atoms with E-state index < -0.39 is 0 Å². The molecule has 2 aromatic rings. The fourth-order valence-corrected chi connectivity index (χ4v) is 3.12. The van der Waals surface area contributed by atoms with E-state index in [-0.39, 0.29) is 5.41 Å². The predicted octanol–water partition coefficient (Wildman–Crippen LogP) is 4.87. The van der Waals surface area contributed by atoms with E-state index in [1.54, 1.807) is 0 Å². The molecule has 0 fully saturated rings. The van der Waals surface area contributed by atoms with Crippen LogP contribution in [0.25, 0.3) is 11.3 Å². The molecule has 0 atom stereocenters. The van der Waals surface area contributed by atoms with Crippen LogP contribution in [0.5, 0.6) is 0 Å². The summed E-state index contributed by atoms with van der Waals surface area (Å²) in [5.74, 6) is 0. The zero-order chi connectivity index (χ0) is 15.6. The van der Waals surface area contributed by atoms with E-state index in [9.17, 15) is 0 Å². The lowest BCUT2D eigenvalue weighted by Crippen LogP contribution is -2.35. The molecule has 0 aliphatic rings. The normalized spacial score (nSPS) is 11.7. The number of rotatable bonds is 4. The van der Waals surface area contributed by atoms with Crippen molar-refractivity contribution in [2.45, 2.75) is 52.9 Å². The average Bonchev–Trinajstić information content (AvgIpc) is 2.47. The van der Waals surface area contributed by atoms with Gasteiger partial charge in [0, 0.05) is 16.7 Å². The molecule has 112 valence electrons. The highest BCUT2D eigenvalue weighted by Crippen LogP contribution is 2.32. The zero-order valence-corrected chi connectivity index (χ0v) is 14.3. The number of aromatic nitrogens is 1. The van der Waals surface area contributed by atoms with E-state index >= 15 is 0 Å². The Bertz CT molecular complexity index is 613. The molecule has 1 heteroatoms. The molecule has 1 nitrogen and oxygen atoms in total. The van der Waals surface area contributed by atoms with E-state index in [4.69, 9.17) is 0 Å². The standard InChI is InChI=1S/C20H28N/c1-7-20(5,8-2)17-13-16(4)19(21(6)14-17)18-12-10-9-11-15(18)3/h9-14H,7-8H2,1-6H3/q+1. The molecule has 1 heterocycles. The fourth-order valence-electron chi connectivity index (χ4n) is 3.12. The number of hydrogen-bond acceptors (Lipinski definition) is 0. The SMILES string of the molecule is CCC(C)(CC)c1cc(C)c(-c2ccccc2C)[n+](C)c1. The van der Waals surface area contributed by atoms with Gasteiger partial charge in [-0.25, -0.2) is 4.57 Å². The van der Waals surface area contributed by atoms with E-state index in [0.29, 0.717) is 0 Å². The van der Waals surface area contributed by atoms with Gasteiger partial charge in [-0.3, -0.25) is 0 Å². The zero-order valence-electron chi connectivity index (χ0n) is 14.3. The Balaban J connectivity index is 2.61. The summed E-state index contributed by atoms with van der Waals surface area (Å²) in [5, 5.41) is 0. The van der Waals surface area contributed by atoms with Crippen LogP contribution in [0.4, 0.5) is 0 Å². The van der Waals surface area contributed by atoms with Crippen LogP contribution in [0.3, 0.4) is 0 Å². The Morgan fingerprint density at radius 1 is 1.00 bits per heavy atom. The molecule has 21 heavy (non-hydrogen) atoms. The van der Waals surface area contributed by atoms with Crippen molar-refractivity contribution < 1.29 is 4.57 Å². The van der Waals surface area contributed by atoms with Crippen molar-refractivity contribution in [3.8, 4) is 11.3 Å². The minimum Gasteiger partial charge on any atom is -0.200 e. The predicted molar refractivity (Wildman–Crippen MR) is 90.5 cm³/mol. The minimum atomic E-state index is 0.271. The lowest BCUT2D eigenvalue weighted by Gasteiger charge is -2.26. The first-order chi connectivity index (χ1) is 9.92. The summed E-state index contributed by atoms with van der Waals surface area (Å²) >= 11 is 0. The topological polar surface area (TPSA) is 3.88 Å². The van der Waals surface area contributed by atoms with Gasteiger partial charge in [-0.15, -0.1) is 0 Å². The summed E-state index contributed by atoms with van der Waals surface area (Å²) in [4.78, 5) is 0. The maximum absolute atomic E-state index is 2.38. The van der Waals surface area contributed by atoms with E-state index in [2.05, 4.69) is 82.8 Å². The largest absolute Gasteiger partial charge is 0.215 e. The molecule has 0 radical (unpaired) electrons. The molecule has 0 amide bonds. The van der Waals surface area contributed by atoms with Gasteiger partial charge in [0.15, 0.2) is 6.20 Å². The summed E-state index contributed by atoms with van der Waals surface area (Å²) < 4.78 is 2.30. The lowest BCUT2D eigenvalue weighted by atomic mass is 9.78. The maximum Gasteiger partial charge on any atom is 0.215 e. The minimum absolute atomic E-state index is 0.271. The van der Waals surface area contributed by atoms with Crippen LogP contribution in [0.15, 0.2) is 36.5 Å². The van der Waals surface area contributed by atoms with Gasteiger partial charge in [-0.1, -0.05) is 39.0 Å². The van der Waals surface area contributed by atoms with Crippen LogP contribution < -0.4 is 4.57 Å². The highest BCUT2D eigenvalue weighted by Gasteiger charge is 2.27. The maximum atomic E-state index is 2.38. The highest BCUT2D eigenvalue weighted by atomic mass is 14.9. The van der Waals surface area contributed by atoms with E-state index in [0.717, 1.165) is 0 Å². The van der Waals surface area contributed by atoms with Crippen LogP contribution in [0.2, 0.25) is 0 Å². The summed E-state index contributed by atoms with van der Waals surface area (Å²) in [7, 11) is 2.17. The van der Waals surface area contributed by atoms with Crippen LogP contribution in [-0.2, 0) is 12.5 Å². The number of aryl methyl sites for hydroxylation is 3. The van der Waals surface area contributed by atoms with Gasteiger partial charge < -0.3 is 0 Å². The van der Waals surface area contributed by atoms with Crippen molar-refractivity contribution in [1.29, 1.82) is 0 Å². The molecule has 0 bridgehead atoms. The van der Waals surface area contributed by atoms with Crippen molar-refractivity contribution in [3.05, 3.63) is 53.2 Å². The second-order valence-electron chi connectivity index (χ2n) is 6.45. The van der Waals surface area contributed by atoms with Gasteiger partial charge >= 0.3 is 0 Å². The molecule has 0 aliphatic carbocycles. The van der Waals surface area contributed by atoms with Crippen molar-refractivity contribution in [1.82, 2.24) is 0 Å². The van der Waals surface area contributed by atoms with Crippen molar-refractivity contribution in [2.24, 2.45) is 7.05 Å². The average molecular weight is 282 g/mol. The van der Waals surface area contributed by atoms with Crippen LogP contribution in [0.1, 0.15) is 50.3 Å². The van der Waals surface area contributed by atoms with Crippen LogP contribution in [0, 0.1) is 13.8 Å². The summed E-state index contributed by atoms with van der Waals surface area (Å²) in [6, 6.07) is 11.0. The molecule has 1 aromatic carbocycles. The molecule has 0 saturated heterocycles. The summed E-state index contributed by atoms with van der Waals surface area (Å²) in [6.07, 6.45) is 4.67. The molecule has 0 unspecified atom stereocenters. The summed E-state index contributed by atoms with van der Waals surface area (Å²) in [6.45, 7) is 11.4. The molecular weight excluding hydrogens is 254 g/mol. The molecular formula is C20H28N+. The van der Waals surface area contributed by atoms with Crippen LogP contribution >= 0.6 is 0 Å². The Hall–Kier alpha value is -1.63. The van der Waals surface area contributed by atoms with Crippen molar-refractivity contribution in [3.63, 3.8) is 0 Å². The summed E-state index contributed by atoms with van der Waals surface area (Å²) in [5.41, 5.74) is 7.07. The van der Waals surface area contributed by atoms with Gasteiger partial charge in [0.25, 0.3) is 0 Å². The smallest absolute Gasteiger partial charge is 0.200 e. The highest BCUT2D eigenvalue weighted by molar-refractivity contribution is 5.64. The van der Waals surface area contributed by atoms with Crippen LogP contribution in [-0.4, -0.2) is 0 Å². The van der Waals surface area contributed by atoms with Crippen molar-refractivity contribution in [2.75, 3.05) is 0 Å². The third-order valence-corrected chi connectivity index (χ3v) is 5.09. The van der Waals surface area contributed by atoms with E-state index in [1.165, 1.54) is 40.8 Å². The fraction of sp³-hybridized carbons (Fsp3) is 0.450. The number of benzene rings is 1. The van der Waals surface area contributed by atoms with Crippen molar-refractivity contribution >= 4 is 0 Å². The lowest BCUT2D eigenvalue weighted by molar-refractivity contribution is -0.661. The van der Waals surface area contributed by atoms with Gasteiger partial charge in [0.2, 0.25) is 5.69 Å². The first-order valence-corrected chi connectivity index (χ1v) is 7.99. The Morgan fingerprint density at radius 3 is 2.14 bits per heavy atom. The van der Waals surface area contributed by atoms with Gasteiger partial charge in [0.05, 0.1) is 0 Å². The number of pyridine rings is 1. The number of hydrogen-bond donors (Lipinski definition) is 0. The third kappa shape index (κ3) is 2.88. The third-order valence-electron chi connectivity index (χ3n) is 5.09. The quantitative estimate of drug-likeness (QED) is 0.704. The van der Waals surface area contributed by atoms with Gasteiger partial charge in [-0.05, 0) is 49.8 Å². The molecule has 1 aromatic heterocycles. The Morgan fingerprint density at radius 2 is 1.62 bits per heavy atom. The molecule has 0 aliphatic heterocycles. The van der Waals surface area contributed by atoms with E-state index in [1.807, 2.05) is 0 Å². The first kappa shape index (κ1) is 15.8. The molecule has 0 saturated carbocycles. The number of nitrogens with zero attached hydrogens (tertiary/aromatic N) is 1. The first-order valence-electron chi connectivity index (χ1n) is 7.99. The Labute approximate surface area is 129 Å². The monoisotopic (exact) mass is 282 g/mol.